The number of hydrogen-bond donors (Lipinski definition) is 0. The Morgan fingerprint density at radius 1 is 1.06 bits per heavy atom. The maximum atomic E-state index is 2.47. The SMILES string of the molecule is Cc1ccc(C2(C)CN(C)CCN2C)cc1. The van der Waals surface area contributed by atoms with E-state index in [-0.39, 0.29) is 5.54 Å². The highest BCUT2D eigenvalue weighted by molar-refractivity contribution is 5.28. The van der Waals surface area contributed by atoms with Crippen molar-refractivity contribution in [3.05, 3.63) is 35.4 Å². The number of piperazine rings is 1. The highest BCUT2D eigenvalue weighted by atomic mass is 15.3. The van der Waals surface area contributed by atoms with Gasteiger partial charge in [0.2, 0.25) is 0 Å². The fourth-order valence-electron chi connectivity index (χ4n) is 2.52. The number of aryl methyl sites for hydroxylation is 1. The third-order valence-electron chi connectivity index (χ3n) is 3.91. The van der Waals surface area contributed by atoms with E-state index in [0.717, 1.165) is 19.6 Å². The molecule has 1 fully saturated rings. The summed E-state index contributed by atoms with van der Waals surface area (Å²) in [5.41, 5.74) is 2.91. The molecule has 2 heteroatoms. The topological polar surface area (TPSA) is 6.48 Å². The fourth-order valence-corrected chi connectivity index (χ4v) is 2.52. The van der Waals surface area contributed by atoms with Crippen molar-refractivity contribution in [3.8, 4) is 0 Å². The molecule has 1 aliphatic heterocycles. The molecule has 0 spiro atoms. The number of hydrogen-bond acceptors (Lipinski definition) is 2. The number of benzene rings is 1. The number of rotatable bonds is 1. The lowest BCUT2D eigenvalue weighted by Crippen LogP contribution is -2.56. The van der Waals surface area contributed by atoms with E-state index >= 15 is 0 Å². The monoisotopic (exact) mass is 218 g/mol. The van der Waals surface area contributed by atoms with Gasteiger partial charge in [-0.3, -0.25) is 4.90 Å². The molecule has 1 saturated heterocycles. The van der Waals surface area contributed by atoms with Crippen molar-refractivity contribution in [1.82, 2.24) is 9.80 Å². The van der Waals surface area contributed by atoms with Gasteiger partial charge in [-0.05, 0) is 33.5 Å². The van der Waals surface area contributed by atoms with Gasteiger partial charge in [0.1, 0.15) is 0 Å². The third kappa shape index (κ3) is 2.00. The molecule has 1 heterocycles. The van der Waals surface area contributed by atoms with Crippen LogP contribution in [0.15, 0.2) is 24.3 Å². The van der Waals surface area contributed by atoms with Crippen LogP contribution in [0.2, 0.25) is 0 Å². The van der Waals surface area contributed by atoms with E-state index in [0.29, 0.717) is 0 Å². The van der Waals surface area contributed by atoms with Gasteiger partial charge in [0.15, 0.2) is 0 Å². The molecular formula is C14H22N2. The molecule has 1 atom stereocenters. The molecule has 0 radical (unpaired) electrons. The van der Waals surface area contributed by atoms with Gasteiger partial charge in [0.25, 0.3) is 0 Å². The van der Waals surface area contributed by atoms with Crippen molar-refractivity contribution in [2.45, 2.75) is 19.4 Å². The predicted octanol–water partition coefficient (Wildman–Crippen LogP) is 2.09. The second-order valence-electron chi connectivity index (χ2n) is 5.30. The van der Waals surface area contributed by atoms with E-state index in [4.69, 9.17) is 0 Å². The van der Waals surface area contributed by atoms with Gasteiger partial charge in [0.05, 0.1) is 5.54 Å². The lowest BCUT2D eigenvalue weighted by Gasteiger charge is -2.46. The van der Waals surface area contributed by atoms with E-state index in [1.807, 2.05) is 0 Å². The molecule has 2 nitrogen and oxygen atoms in total. The zero-order valence-electron chi connectivity index (χ0n) is 10.8. The molecule has 0 aliphatic carbocycles. The van der Waals surface area contributed by atoms with Crippen LogP contribution in [0.1, 0.15) is 18.1 Å². The van der Waals surface area contributed by atoms with E-state index < -0.39 is 0 Å². The summed E-state index contributed by atoms with van der Waals surface area (Å²) in [5, 5.41) is 0. The van der Waals surface area contributed by atoms with Gasteiger partial charge < -0.3 is 4.90 Å². The largest absolute Gasteiger partial charge is 0.303 e. The summed E-state index contributed by atoms with van der Waals surface area (Å²) in [6.07, 6.45) is 0. The first-order chi connectivity index (χ1) is 7.52. The molecule has 16 heavy (non-hydrogen) atoms. The summed E-state index contributed by atoms with van der Waals surface area (Å²) >= 11 is 0. The Morgan fingerprint density at radius 2 is 1.69 bits per heavy atom. The molecular weight excluding hydrogens is 196 g/mol. The third-order valence-corrected chi connectivity index (χ3v) is 3.91. The van der Waals surface area contributed by atoms with Gasteiger partial charge in [0, 0.05) is 19.6 Å². The van der Waals surface area contributed by atoms with Crippen LogP contribution in [0.5, 0.6) is 0 Å². The molecule has 1 aromatic rings. The second-order valence-corrected chi connectivity index (χ2v) is 5.30. The normalized spacial score (nSPS) is 28.2. The van der Waals surface area contributed by atoms with Crippen LogP contribution in [-0.4, -0.2) is 43.5 Å². The molecule has 0 bridgehead atoms. The van der Waals surface area contributed by atoms with E-state index in [2.05, 4.69) is 62.0 Å². The Labute approximate surface area is 98.9 Å². The van der Waals surface area contributed by atoms with Crippen LogP contribution in [0.25, 0.3) is 0 Å². The highest BCUT2D eigenvalue weighted by Crippen LogP contribution is 2.30. The smallest absolute Gasteiger partial charge is 0.0557 e. The number of nitrogens with zero attached hydrogens (tertiary/aromatic N) is 2. The van der Waals surface area contributed by atoms with Gasteiger partial charge in [-0.15, -0.1) is 0 Å². The maximum absolute atomic E-state index is 2.47. The molecule has 88 valence electrons. The Morgan fingerprint density at radius 3 is 2.31 bits per heavy atom. The van der Waals surface area contributed by atoms with Gasteiger partial charge in [-0.25, -0.2) is 0 Å². The van der Waals surface area contributed by atoms with Crippen molar-refractivity contribution in [3.63, 3.8) is 0 Å². The van der Waals surface area contributed by atoms with Crippen molar-refractivity contribution < 1.29 is 0 Å². The molecule has 0 amide bonds. The minimum Gasteiger partial charge on any atom is -0.303 e. The first kappa shape index (κ1) is 11.6. The summed E-state index contributed by atoms with van der Waals surface area (Å²) in [6.45, 7) is 7.89. The fraction of sp³-hybridized carbons (Fsp3) is 0.571. The minimum atomic E-state index is 0.153. The Balaban J connectivity index is 2.32. The molecule has 1 aromatic carbocycles. The lowest BCUT2D eigenvalue weighted by molar-refractivity contribution is 0.0380. The first-order valence-corrected chi connectivity index (χ1v) is 5.99. The van der Waals surface area contributed by atoms with Gasteiger partial charge in [-0.1, -0.05) is 29.8 Å². The summed E-state index contributed by atoms with van der Waals surface area (Å²) in [5.74, 6) is 0. The van der Waals surface area contributed by atoms with Crippen LogP contribution < -0.4 is 0 Å². The average molecular weight is 218 g/mol. The summed E-state index contributed by atoms with van der Waals surface area (Å²) in [6, 6.07) is 8.96. The zero-order chi connectivity index (χ0) is 11.8. The van der Waals surface area contributed by atoms with Crippen molar-refractivity contribution in [2.75, 3.05) is 33.7 Å². The molecule has 1 aliphatic rings. The van der Waals surface area contributed by atoms with Crippen LogP contribution >= 0.6 is 0 Å². The minimum absolute atomic E-state index is 0.153. The maximum Gasteiger partial charge on any atom is 0.0557 e. The predicted molar refractivity (Wildman–Crippen MR) is 68.7 cm³/mol. The molecule has 0 N–H and O–H groups in total. The second kappa shape index (κ2) is 4.19. The van der Waals surface area contributed by atoms with E-state index in [1.165, 1.54) is 11.1 Å². The average Bonchev–Trinajstić information content (AvgIpc) is 2.25. The highest BCUT2D eigenvalue weighted by Gasteiger charge is 2.35. The molecule has 0 aromatic heterocycles. The van der Waals surface area contributed by atoms with Crippen molar-refractivity contribution in [1.29, 1.82) is 0 Å². The molecule has 1 unspecified atom stereocenters. The van der Waals surface area contributed by atoms with E-state index in [9.17, 15) is 0 Å². The van der Waals surface area contributed by atoms with Crippen LogP contribution in [0.3, 0.4) is 0 Å². The van der Waals surface area contributed by atoms with Crippen molar-refractivity contribution >= 4 is 0 Å². The number of likely N-dealkylation sites (N-methyl/N-ethyl adjacent to an activating group) is 2. The van der Waals surface area contributed by atoms with Gasteiger partial charge in [-0.2, -0.15) is 0 Å². The standard InChI is InChI=1S/C14H22N2/c1-12-5-7-13(8-6-12)14(2)11-15(3)9-10-16(14)4/h5-8H,9-11H2,1-4H3. The molecule has 0 saturated carbocycles. The Bertz CT molecular complexity index is 358. The van der Waals surface area contributed by atoms with Crippen LogP contribution in [0, 0.1) is 6.92 Å². The summed E-state index contributed by atoms with van der Waals surface area (Å²) in [7, 11) is 4.44. The van der Waals surface area contributed by atoms with Crippen LogP contribution in [0.4, 0.5) is 0 Å². The Hall–Kier alpha value is -0.860. The van der Waals surface area contributed by atoms with E-state index in [1.54, 1.807) is 0 Å². The quantitative estimate of drug-likeness (QED) is 0.712. The van der Waals surface area contributed by atoms with Crippen LogP contribution in [-0.2, 0) is 5.54 Å². The first-order valence-electron chi connectivity index (χ1n) is 5.99. The lowest BCUT2D eigenvalue weighted by atomic mass is 9.87. The van der Waals surface area contributed by atoms with Crippen molar-refractivity contribution in [2.24, 2.45) is 0 Å². The Kier molecular flexibility index (Phi) is 3.04. The summed E-state index contributed by atoms with van der Waals surface area (Å²) < 4.78 is 0. The summed E-state index contributed by atoms with van der Waals surface area (Å²) in [4.78, 5) is 4.89. The molecule has 2 rings (SSSR count). The zero-order valence-corrected chi connectivity index (χ0v) is 10.8. The van der Waals surface area contributed by atoms with Gasteiger partial charge >= 0.3 is 0 Å².